The number of hydrogen-bond acceptors (Lipinski definition) is 5. The maximum absolute atomic E-state index is 11.0. The van der Waals surface area contributed by atoms with E-state index in [0.717, 1.165) is 50.2 Å². The van der Waals surface area contributed by atoms with Crippen LogP contribution in [0.1, 0.15) is 33.2 Å². The van der Waals surface area contributed by atoms with Crippen molar-refractivity contribution in [3.8, 4) is 33.3 Å². The van der Waals surface area contributed by atoms with Gasteiger partial charge in [-0.05, 0) is 53.1 Å². The van der Waals surface area contributed by atoms with Gasteiger partial charge in [-0.15, -0.1) is 11.3 Å². The van der Waals surface area contributed by atoms with Gasteiger partial charge in [-0.3, -0.25) is 4.68 Å². The van der Waals surface area contributed by atoms with Crippen LogP contribution < -0.4 is 14.8 Å². The fraction of sp³-hybridized carbons (Fsp3) is 0.161. The molecule has 196 valence electrons. The first kappa shape index (κ1) is 24.8. The zero-order chi connectivity index (χ0) is 26.9. The molecule has 1 amide bonds. The zero-order valence-electron chi connectivity index (χ0n) is 21.5. The van der Waals surface area contributed by atoms with Gasteiger partial charge in [0.2, 0.25) is 0 Å². The van der Waals surface area contributed by atoms with Crippen molar-refractivity contribution in [1.82, 2.24) is 15.1 Å². The number of hydrogen-bond donors (Lipinski definition) is 2. The SMILES string of the molecule is COc1ccc(C(c2ccc(OC)cc2)n2nc(-c3ccc(CNC(=O)O)s3)c3c2-c2ccccc2C3)cc1. The zero-order valence-corrected chi connectivity index (χ0v) is 22.4. The summed E-state index contributed by atoms with van der Waals surface area (Å²) >= 11 is 1.56. The number of aromatic nitrogens is 2. The number of nitrogens with one attached hydrogen (secondary N) is 1. The fourth-order valence-electron chi connectivity index (χ4n) is 5.21. The lowest BCUT2D eigenvalue weighted by Crippen LogP contribution is -2.19. The van der Waals surface area contributed by atoms with E-state index in [9.17, 15) is 4.79 Å². The summed E-state index contributed by atoms with van der Waals surface area (Å²) in [6, 6.07) is 28.6. The quantitative estimate of drug-likeness (QED) is 0.228. The Morgan fingerprint density at radius 3 is 2.21 bits per heavy atom. The van der Waals surface area contributed by atoms with E-state index < -0.39 is 6.09 Å². The number of amides is 1. The number of methoxy groups -OCH3 is 2. The van der Waals surface area contributed by atoms with Gasteiger partial charge in [0.25, 0.3) is 0 Å². The van der Waals surface area contributed by atoms with Gasteiger partial charge in [0, 0.05) is 22.4 Å². The Morgan fingerprint density at radius 2 is 1.59 bits per heavy atom. The van der Waals surface area contributed by atoms with Gasteiger partial charge in [0.1, 0.15) is 23.2 Å². The molecule has 0 saturated heterocycles. The van der Waals surface area contributed by atoms with Gasteiger partial charge >= 0.3 is 6.09 Å². The maximum Gasteiger partial charge on any atom is 0.404 e. The Bertz CT molecular complexity index is 1590. The standard InChI is InChI=1S/C31H27N3O4S/c1-37-22-11-7-19(8-12-22)29(20-9-13-23(38-2)14-10-20)34-30-25-6-4-3-5-21(25)17-26(30)28(33-34)27-16-15-24(39-27)18-32-31(35)36/h3-16,29,32H,17-18H2,1-2H3,(H,35,36). The Kier molecular flexibility index (Phi) is 6.54. The molecular formula is C31H27N3O4S. The second kappa shape index (κ2) is 10.3. The van der Waals surface area contributed by atoms with Crippen LogP contribution in [0, 0.1) is 0 Å². The Hall–Kier alpha value is -4.56. The molecule has 7 nitrogen and oxygen atoms in total. The number of carboxylic acid groups (broad SMARTS) is 1. The number of carbonyl (C=O) groups is 1. The molecule has 0 saturated carbocycles. The summed E-state index contributed by atoms with van der Waals surface area (Å²) in [4.78, 5) is 13.0. The normalized spacial score (nSPS) is 11.8. The van der Waals surface area contributed by atoms with E-state index in [1.54, 1.807) is 25.6 Å². The van der Waals surface area contributed by atoms with E-state index in [1.165, 1.54) is 16.7 Å². The van der Waals surface area contributed by atoms with Crippen molar-refractivity contribution in [2.24, 2.45) is 0 Å². The van der Waals surface area contributed by atoms with Crippen LogP contribution >= 0.6 is 11.3 Å². The Balaban J connectivity index is 1.53. The molecule has 0 radical (unpaired) electrons. The van der Waals surface area contributed by atoms with Crippen LogP contribution in [-0.2, 0) is 13.0 Å². The predicted octanol–water partition coefficient (Wildman–Crippen LogP) is 6.61. The van der Waals surface area contributed by atoms with Crippen LogP contribution in [0.15, 0.2) is 84.9 Å². The second-order valence-electron chi connectivity index (χ2n) is 9.33. The number of benzene rings is 3. The first-order valence-corrected chi connectivity index (χ1v) is 13.4. The molecule has 5 aromatic rings. The van der Waals surface area contributed by atoms with Crippen molar-refractivity contribution >= 4 is 17.4 Å². The summed E-state index contributed by atoms with van der Waals surface area (Å²) in [6.07, 6.45) is -0.244. The number of rotatable bonds is 8. The molecule has 0 unspecified atom stereocenters. The second-order valence-corrected chi connectivity index (χ2v) is 10.5. The van der Waals surface area contributed by atoms with Crippen LogP contribution in [0.2, 0.25) is 0 Å². The number of nitrogens with zero attached hydrogens (tertiary/aromatic N) is 2. The van der Waals surface area contributed by atoms with Crippen LogP contribution in [0.5, 0.6) is 11.5 Å². The molecule has 0 spiro atoms. The summed E-state index contributed by atoms with van der Waals surface area (Å²) in [7, 11) is 3.33. The van der Waals surface area contributed by atoms with Crippen molar-refractivity contribution in [3.63, 3.8) is 0 Å². The lowest BCUT2D eigenvalue weighted by Gasteiger charge is -2.22. The van der Waals surface area contributed by atoms with Gasteiger partial charge in [-0.2, -0.15) is 5.10 Å². The molecule has 2 heterocycles. The third-order valence-corrected chi connectivity index (χ3v) is 8.16. The third kappa shape index (κ3) is 4.64. The molecule has 2 N–H and O–H groups in total. The third-order valence-electron chi connectivity index (χ3n) is 7.06. The molecule has 2 aromatic heterocycles. The van der Waals surface area contributed by atoms with E-state index in [2.05, 4.69) is 58.5 Å². The maximum atomic E-state index is 11.0. The summed E-state index contributed by atoms with van der Waals surface area (Å²) in [5.41, 5.74) is 7.84. The highest BCUT2D eigenvalue weighted by Crippen LogP contribution is 2.46. The molecule has 39 heavy (non-hydrogen) atoms. The van der Waals surface area contributed by atoms with Gasteiger partial charge < -0.3 is 19.9 Å². The lowest BCUT2D eigenvalue weighted by atomic mass is 9.97. The Labute approximate surface area is 230 Å². The molecule has 0 aliphatic heterocycles. The van der Waals surface area contributed by atoms with Gasteiger partial charge in [-0.1, -0.05) is 48.5 Å². The fourth-order valence-corrected chi connectivity index (χ4v) is 6.17. The van der Waals surface area contributed by atoms with E-state index in [4.69, 9.17) is 19.7 Å². The minimum atomic E-state index is -1.03. The lowest BCUT2D eigenvalue weighted by molar-refractivity contribution is 0.194. The molecule has 0 bridgehead atoms. The number of thiophene rings is 1. The molecule has 6 rings (SSSR count). The van der Waals surface area contributed by atoms with Crippen molar-refractivity contribution in [1.29, 1.82) is 0 Å². The summed E-state index contributed by atoms with van der Waals surface area (Å²) in [5, 5.41) is 16.8. The molecular weight excluding hydrogens is 510 g/mol. The summed E-state index contributed by atoms with van der Waals surface area (Å²) < 4.78 is 13.0. The van der Waals surface area contributed by atoms with Crippen LogP contribution in [0.25, 0.3) is 21.8 Å². The largest absolute Gasteiger partial charge is 0.497 e. The molecule has 0 fully saturated rings. The highest BCUT2D eigenvalue weighted by atomic mass is 32.1. The first-order chi connectivity index (χ1) is 19.1. The summed E-state index contributed by atoms with van der Waals surface area (Å²) in [5.74, 6) is 1.59. The average molecular weight is 538 g/mol. The molecule has 8 heteroatoms. The topological polar surface area (TPSA) is 85.6 Å². The monoisotopic (exact) mass is 537 g/mol. The van der Waals surface area contributed by atoms with Gasteiger partial charge in [-0.25, -0.2) is 4.79 Å². The minimum absolute atomic E-state index is 0.191. The van der Waals surface area contributed by atoms with Gasteiger partial charge in [0.05, 0.1) is 31.3 Å². The molecule has 3 aromatic carbocycles. The van der Waals surface area contributed by atoms with E-state index in [0.29, 0.717) is 0 Å². The average Bonchev–Trinajstić information content (AvgIpc) is 3.68. The minimum Gasteiger partial charge on any atom is -0.497 e. The van der Waals surface area contributed by atoms with Crippen molar-refractivity contribution in [2.75, 3.05) is 14.2 Å². The predicted molar refractivity (Wildman–Crippen MR) is 152 cm³/mol. The number of fused-ring (bicyclic) bond motifs is 3. The van der Waals surface area contributed by atoms with Crippen molar-refractivity contribution in [3.05, 3.63) is 112 Å². The smallest absolute Gasteiger partial charge is 0.404 e. The van der Waals surface area contributed by atoms with Crippen molar-refractivity contribution in [2.45, 2.75) is 19.0 Å². The number of ether oxygens (including phenoxy) is 2. The van der Waals surface area contributed by atoms with Gasteiger partial charge in [0.15, 0.2) is 0 Å². The highest BCUT2D eigenvalue weighted by molar-refractivity contribution is 7.15. The first-order valence-electron chi connectivity index (χ1n) is 12.6. The molecule has 0 atom stereocenters. The molecule has 1 aliphatic rings. The Morgan fingerprint density at radius 1 is 0.949 bits per heavy atom. The van der Waals surface area contributed by atoms with Crippen LogP contribution in [0.3, 0.4) is 0 Å². The highest BCUT2D eigenvalue weighted by Gasteiger charge is 2.32. The van der Waals surface area contributed by atoms with E-state index in [-0.39, 0.29) is 12.6 Å². The van der Waals surface area contributed by atoms with Crippen molar-refractivity contribution < 1.29 is 19.4 Å². The van der Waals surface area contributed by atoms with E-state index in [1.807, 2.05) is 36.4 Å². The van der Waals surface area contributed by atoms with Crippen LogP contribution in [-0.4, -0.2) is 35.2 Å². The summed E-state index contributed by atoms with van der Waals surface area (Å²) in [6.45, 7) is 0.267. The van der Waals surface area contributed by atoms with E-state index >= 15 is 0 Å². The molecule has 1 aliphatic carbocycles. The van der Waals surface area contributed by atoms with Crippen LogP contribution in [0.4, 0.5) is 4.79 Å².